The van der Waals surface area contributed by atoms with Gasteiger partial charge in [0.1, 0.15) is 5.75 Å². The molecule has 0 radical (unpaired) electrons. The molecular weight excluding hydrogens is 309 g/mol. The van der Waals surface area contributed by atoms with Crippen molar-refractivity contribution in [3.8, 4) is 17.0 Å². The molecule has 0 fully saturated rings. The third-order valence-electron chi connectivity index (χ3n) is 4.05. The summed E-state index contributed by atoms with van der Waals surface area (Å²) in [5.41, 5.74) is 0.141. The molecular formula is C16H15F3N2O2. The van der Waals surface area contributed by atoms with Crippen LogP contribution < -0.4 is 0 Å². The molecule has 0 aliphatic heterocycles. The van der Waals surface area contributed by atoms with Crippen molar-refractivity contribution in [1.82, 2.24) is 10.2 Å². The standard InChI is InChI=1S/C16H15F3N2O2/c1-8-5-12-10(14(22)6-8)7-13(21-20-12)9-3-2-4-11(15(9)23)16(17,18)19/h2-4,7-8,14,22-23H,5-6H2,1H3. The van der Waals surface area contributed by atoms with Crippen molar-refractivity contribution < 1.29 is 23.4 Å². The van der Waals surface area contributed by atoms with Crippen molar-refractivity contribution in [2.45, 2.75) is 32.0 Å². The van der Waals surface area contributed by atoms with E-state index in [-0.39, 0.29) is 17.2 Å². The first kappa shape index (κ1) is 15.7. The molecule has 0 saturated heterocycles. The number of phenolic OH excluding ortho intramolecular Hbond substituents is 1. The topological polar surface area (TPSA) is 66.2 Å². The molecule has 3 rings (SSSR count). The number of hydrogen-bond donors (Lipinski definition) is 2. The van der Waals surface area contributed by atoms with Gasteiger partial charge in [-0.2, -0.15) is 23.4 Å². The summed E-state index contributed by atoms with van der Waals surface area (Å²) in [7, 11) is 0. The number of hydrogen-bond acceptors (Lipinski definition) is 4. The number of aromatic nitrogens is 2. The molecule has 0 spiro atoms. The van der Waals surface area contributed by atoms with Crippen LogP contribution in [-0.2, 0) is 12.6 Å². The van der Waals surface area contributed by atoms with Gasteiger partial charge >= 0.3 is 6.18 Å². The monoisotopic (exact) mass is 324 g/mol. The first-order chi connectivity index (χ1) is 10.8. The molecule has 2 unspecified atom stereocenters. The van der Waals surface area contributed by atoms with Gasteiger partial charge in [0.15, 0.2) is 0 Å². The number of phenols is 1. The maximum atomic E-state index is 12.9. The van der Waals surface area contributed by atoms with E-state index in [0.717, 1.165) is 6.07 Å². The SMILES string of the molecule is CC1Cc2nnc(-c3cccc(C(F)(F)F)c3O)cc2C(O)C1. The molecule has 7 heteroatoms. The third kappa shape index (κ3) is 2.88. The van der Waals surface area contributed by atoms with Crippen molar-refractivity contribution in [3.05, 3.63) is 41.1 Å². The van der Waals surface area contributed by atoms with Crippen molar-refractivity contribution in [3.63, 3.8) is 0 Å². The lowest BCUT2D eigenvalue weighted by atomic mass is 9.86. The fourth-order valence-corrected chi connectivity index (χ4v) is 2.91. The average Bonchev–Trinajstić information content (AvgIpc) is 2.46. The van der Waals surface area contributed by atoms with E-state index < -0.39 is 23.6 Å². The predicted octanol–water partition coefficient (Wildman–Crippen LogP) is 3.48. The van der Waals surface area contributed by atoms with Gasteiger partial charge in [-0.25, -0.2) is 0 Å². The summed E-state index contributed by atoms with van der Waals surface area (Å²) in [5.74, 6) is -0.618. The second kappa shape index (κ2) is 5.49. The Hall–Kier alpha value is -2.15. The average molecular weight is 324 g/mol. The number of aliphatic hydroxyl groups is 1. The van der Waals surface area contributed by atoms with Gasteiger partial charge in [-0.3, -0.25) is 0 Å². The first-order valence-electron chi connectivity index (χ1n) is 7.21. The lowest BCUT2D eigenvalue weighted by molar-refractivity contribution is -0.138. The van der Waals surface area contributed by atoms with Gasteiger partial charge in [0.25, 0.3) is 0 Å². The minimum atomic E-state index is -4.66. The minimum absolute atomic E-state index is 0.0547. The maximum absolute atomic E-state index is 12.9. The van der Waals surface area contributed by atoms with Gasteiger partial charge in [0, 0.05) is 11.1 Å². The van der Waals surface area contributed by atoms with Gasteiger partial charge in [0.05, 0.1) is 23.1 Å². The number of nitrogens with zero attached hydrogens (tertiary/aromatic N) is 2. The lowest BCUT2D eigenvalue weighted by Crippen LogP contribution is -2.18. The molecule has 122 valence electrons. The zero-order chi connectivity index (χ0) is 16.8. The Morgan fingerprint density at radius 1 is 1.22 bits per heavy atom. The molecule has 1 aliphatic rings. The summed E-state index contributed by atoms with van der Waals surface area (Å²) < 4.78 is 38.7. The fraction of sp³-hybridized carbons (Fsp3) is 0.375. The maximum Gasteiger partial charge on any atom is 0.419 e. The van der Waals surface area contributed by atoms with Gasteiger partial charge in [0.2, 0.25) is 0 Å². The number of alkyl halides is 3. The zero-order valence-electron chi connectivity index (χ0n) is 12.3. The van der Waals surface area contributed by atoms with Crippen molar-refractivity contribution in [2.24, 2.45) is 5.92 Å². The Kier molecular flexibility index (Phi) is 3.75. The van der Waals surface area contributed by atoms with Crippen LogP contribution in [0.25, 0.3) is 11.3 Å². The largest absolute Gasteiger partial charge is 0.507 e. The lowest BCUT2D eigenvalue weighted by Gasteiger charge is -2.25. The van der Waals surface area contributed by atoms with Crippen LogP contribution in [0, 0.1) is 5.92 Å². The van der Waals surface area contributed by atoms with Crippen LogP contribution in [0.15, 0.2) is 24.3 Å². The molecule has 0 bridgehead atoms. The zero-order valence-corrected chi connectivity index (χ0v) is 12.3. The van der Waals surface area contributed by atoms with E-state index in [0.29, 0.717) is 24.1 Å². The minimum Gasteiger partial charge on any atom is -0.507 e. The first-order valence-corrected chi connectivity index (χ1v) is 7.21. The number of aromatic hydroxyl groups is 1. The molecule has 2 aromatic rings. The molecule has 0 saturated carbocycles. The van der Waals surface area contributed by atoms with E-state index in [4.69, 9.17) is 0 Å². The Morgan fingerprint density at radius 2 is 1.96 bits per heavy atom. The van der Waals surface area contributed by atoms with Crippen LogP contribution in [0.5, 0.6) is 5.75 Å². The van der Waals surface area contributed by atoms with Crippen molar-refractivity contribution in [1.29, 1.82) is 0 Å². The molecule has 23 heavy (non-hydrogen) atoms. The van der Waals surface area contributed by atoms with Crippen LogP contribution >= 0.6 is 0 Å². The summed E-state index contributed by atoms with van der Waals surface area (Å²) in [5, 5.41) is 28.0. The van der Waals surface area contributed by atoms with Crippen LogP contribution in [0.2, 0.25) is 0 Å². The Bertz CT molecular complexity index is 747. The number of halogens is 3. The van der Waals surface area contributed by atoms with E-state index in [1.165, 1.54) is 18.2 Å². The number of fused-ring (bicyclic) bond motifs is 1. The van der Waals surface area contributed by atoms with Gasteiger partial charge in [-0.1, -0.05) is 13.0 Å². The van der Waals surface area contributed by atoms with Gasteiger partial charge in [-0.05, 0) is 37.0 Å². The second-order valence-electron chi connectivity index (χ2n) is 5.89. The van der Waals surface area contributed by atoms with Crippen LogP contribution in [0.4, 0.5) is 13.2 Å². The molecule has 1 aliphatic carbocycles. The second-order valence-corrected chi connectivity index (χ2v) is 5.89. The van der Waals surface area contributed by atoms with E-state index in [1.54, 1.807) is 0 Å². The summed E-state index contributed by atoms with van der Waals surface area (Å²) in [6, 6.07) is 4.87. The van der Waals surface area contributed by atoms with E-state index >= 15 is 0 Å². The molecule has 4 nitrogen and oxygen atoms in total. The molecule has 1 heterocycles. The number of aliphatic hydroxyl groups excluding tert-OH is 1. The van der Waals surface area contributed by atoms with E-state index in [2.05, 4.69) is 10.2 Å². The fourth-order valence-electron chi connectivity index (χ4n) is 2.91. The number of rotatable bonds is 1. The molecule has 0 amide bonds. The van der Waals surface area contributed by atoms with Crippen molar-refractivity contribution >= 4 is 0 Å². The highest BCUT2D eigenvalue weighted by atomic mass is 19.4. The van der Waals surface area contributed by atoms with Crippen LogP contribution in [-0.4, -0.2) is 20.4 Å². The quantitative estimate of drug-likeness (QED) is 0.843. The van der Waals surface area contributed by atoms with E-state index in [1.807, 2.05) is 6.92 Å². The predicted molar refractivity (Wildman–Crippen MR) is 76.6 cm³/mol. The summed E-state index contributed by atoms with van der Waals surface area (Å²) in [6.07, 6.45) is -4.16. The highest BCUT2D eigenvalue weighted by Crippen LogP contribution is 2.41. The van der Waals surface area contributed by atoms with Crippen LogP contribution in [0.1, 0.15) is 36.3 Å². The summed E-state index contributed by atoms with van der Waals surface area (Å²) in [4.78, 5) is 0. The van der Waals surface area contributed by atoms with Crippen LogP contribution in [0.3, 0.4) is 0 Å². The normalized spacial score (nSPS) is 21.1. The highest BCUT2D eigenvalue weighted by molar-refractivity contribution is 5.69. The van der Waals surface area contributed by atoms with Gasteiger partial charge < -0.3 is 10.2 Å². The molecule has 1 aromatic carbocycles. The smallest absolute Gasteiger partial charge is 0.419 e. The molecule has 2 atom stereocenters. The van der Waals surface area contributed by atoms with Gasteiger partial charge in [-0.15, -0.1) is 0 Å². The Labute approximate surface area is 130 Å². The Morgan fingerprint density at radius 3 is 2.65 bits per heavy atom. The highest BCUT2D eigenvalue weighted by Gasteiger charge is 2.35. The number of para-hydroxylation sites is 1. The van der Waals surface area contributed by atoms with Crippen molar-refractivity contribution in [2.75, 3.05) is 0 Å². The summed E-state index contributed by atoms with van der Waals surface area (Å²) in [6.45, 7) is 1.99. The summed E-state index contributed by atoms with van der Waals surface area (Å²) >= 11 is 0. The number of benzene rings is 1. The Balaban J connectivity index is 2.09. The van der Waals surface area contributed by atoms with E-state index in [9.17, 15) is 23.4 Å². The molecule has 1 aromatic heterocycles. The third-order valence-corrected chi connectivity index (χ3v) is 4.05. The molecule has 2 N–H and O–H groups in total.